The molecule has 0 bridgehead atoms. The summed E-state index contributed by atoms with van der Waals surface area (Å²) in [6.45, 7) is 6.15. The van der Waals surface area contributed by atoms with Crippen molar-refractivity contribution in [2.24, 2.45) is 0 Å². The molecule has 10 heteroatoms. The fourth-order valence-corrected chi connectivity index (χ4v) is 3.65. The van der Waals surface area contributed by atoms with Crippen molar-refractivity contribution in [3.05, 3.63) is 94.6 Å². The molecule has 0 spiro atoms. The Morgan fingerprint density at radius 1 is 1.03 bits per heavy atom. The summed E-state index contributed by atoms with van der Waals surface area (Å²) < 4.78 is 47.2. The standard InChI is InChI=1S/C25H24F3N5O2/c1-16-6-4-7-19(12-16)14-33-18(3)23(17(2)30-33)29-24(34)22-10-11-32(31-22)15-35-21-9-5-8-20(13-21)25(26,27)28/h4-13H,14-15H2,1-3H3,(H,29,34). The monoisotopic (exact) mass is 483 g/mol. The lowest BCUT2D eigenvalue weighted by atomic mass is 10.1. The minimum atomic E-state index is -4.46. The Bertz CT molecular complexity index is 1360. The molecule has 0 atom stereocenters. The van der Waals surface area contributed by atoms with Gasteiger partial charge in [0, 0.05) is 6.20 Å². The topological polar surface area (TPSA) is 74.0 Å². The lowest BCUT2D eigenvalue weighted by Crippen LogP contribution is -2.15. The summed E-state index contributed by atoms with van der Waals surface area (Å²) in [5.41, 5.74) is 3.70. The molecular weight excluding hydrogens is 459 g/mol. The second-order valence-corrected chi connectivity index (χ2v) is 8.19. The fraction of sp³-hybridized carbons (Fsp3) is 0.240. The van der Waals surface area contributed by atoms with E-state index < -0.39 is 17.6 Å². The van der Waals surface area contributed by atoms with Gasteiger partial charge in [-0.2, -0.15) is 23.4 Å². The largest absolute Gasteiger partial charge is 0.471 e. The first-order valence-electron chi connectivity index (χ1n) is 10.8. The first-order chi connectivity index (χ1) is 16.6. The first kappa shape index (κ1) is 24.1. The highest BCUT2D eigenvalue weighted by Crippen LogP contribution is 2.31. The zero-order chi connectivity index (χ0) is 25.2. The van der Waals surface area contributed by atoms with Crippen LogP contribution in [0.15, 0.2) is 60.8 Å². The van der Waals surface area contributed by atoms with Crippen LogP contribution in [0.2, 0.25) is 0 Å². The Hall–Kier alpha value is -4.08. The maximum atomic E-state index is 12.9. The van der Waals surface area contributed by atoms with Gasteiger partial charge in [-0.3, -0.25) is 9.48 Å². The fourth-order valence-electron chi connectivity index (χ4n) is 3.65. The lowest BCUT2D eigenvalue weighted by Gasteiger charge is -2.10. The summed E-state index contributed by atoms with van der Waals surface area (Å²) in [6.07, 6.45) is -2.94. The Labute approximate surface area is 200 Å². The Kier molecular flexibility index (Phi) is 6.63. The number of amides is 1. The third-order valence-electron chi connectivity index (χ3n) is 5.43. The number of alkyl halides is 3. The van der Waals surface area contributed by atoms with Gasteiger partial charge in [-0.25, -0.2) is 4.68 Å². The van der Waals surface area contributed by atoms with Gasteiger partial charge >= 0.3 is 6.18 Å². The Morgan fingerprint density at radius 2 is 1.80 bits per heavy atom. The zero-order valence-electron chi connectivity index (χ0n) is 19.4. The van der Waals surface area contributed by atoms with Crippen LogP contribution >= 0.6 is 0 Å². The maximum Gasteiger partial charge on any atom is 0.416 e. The van der Waals surface area contributed by atoms with Gasteiger partial charge in [0.25, 0.3) is 5.91 Å². The van der Waals surface area contributed by atoms with E-state index in [1.165, 1.54) is 29.1 Å². The van der Waals surface area contributed by atoms with Crippen LogP contribution in [0.25, 0.3) is 0 Å². The van der Waals surface area contributed by atoms with Crippen LogP contribution in [0.4, 0.5) is 18.9 Å². The number of ether oxygens (including phenoxy) is 1. The van der Waals surface area contributed by atoms with E-state index >= 15 is 0 Å². The molecule has 4 aromatic rings. The average molecular weight is 483 g/mol. The highest BCUT2D eigenvalue weighted by Gasteiger charge is 2.30. The smallest absolute Gasteiger partial charge is 0.416 e. The highest BCUT2D eigenvalue weighted by atomic mass is 19.4. The van der Waals surface area contributed by atoms with Crippen LogP contribution in [-0.2, 0) is 19.5 Å². The van der Waals surface area contributed by atoms with Gasteiger partial charge in [0.1, 0.15) is 5.75 Å². The third kappa shape index (κ3) is 5.71. The van der Waals surface area contributed by atoms with Crippen molar-refractivity contribution in [3.8, 4) is 5.75 Å². The van der Waals surface area contributed by atoms with E-state index in [1.54, 1.807) is 0 Å². The minimum Gasteiger partial charge on any atom is -0.471 e. The number of aryl methyl sites for hydroxylation is 2. The van der Waals surface area contributed by atoms with Crippen molar-refractivity contribution in [3.63, 3.8) is 0 Å². The van der Waals surface area contributed by atoms with Crippen LogP contribution in [-0.4, -0.2) is 25.5 Å². The van der Waals surface area contributed by atoms with Crippen LogP contribution < -0.4 is 10.1 Å². The first-order valence-corrected chi connectivity index (χ1v) is 10.8. The molecule has 2 aromatic heterocycles. The van der Waals surface area contributed by atoms with Crippen LogP contribution in [0, 0.1) is 20.8 Å². The minimum absolute atomic E-state index is 0.0496. The number of carbonyl (C=O) groups is 1. The molecule has 1 N–H and O–H groups in total. The van der Waals surface area contributed by atoms with Crippen molar-refractivity contribution < 1.29 is 22.7 Å². The quantitative estimate of drug-likeness (QED) is 0.384. The summed E-state index contributed by atoms with van der Waals surface area (Å²) in [5.74, 6) is -0.377. The molecule has 7 nitrogen and oxygen atoms in total. The molecule has 1 amide bonds. The van der Waals surface area contributed by atoms with Crippen molar-refractivity contribution in [1.82, 2.24) is 19.6 Å². The number of carbonyl (C=O) groups excluding carboxylic acids is 1. The molecular formula is C25H24F3N5O2. The number of nitrogens with zero attached hydrogens (tertiary/aromatic N) is 4. The van der Waals surface area contributed by atoms with Crippen LogP contribution in [0.1, 0.15) is 38.6 Å². The number of nitrogens with one attached hydrogen (secondary N) is 1. The van der Waals surface area contributed by atoms with E-state index in [4.69, 9.17) is 4.74 Å². The number of benzene rings is 2. The van der Waals surface area contributed by atoms with Gasteiger partial charge in [-0.15, -0.1) is 0 Å². The van der Waals surface area contributed by atoms with Crippen molar-refractivity contribution in [1.29, 1.82) is 0 Å². The molecule has 0 saturated heterocycles. The van der Waals surface area contributed by atoms with Crippen LogP contribution in [0.3, 0.4) is 0 Å². The normalized spacial score (nSPS) is 11.5. The summed E-state index contributed by atoms with van der Waals surface area (Å²) in [5, 5.41) is 11.6. The molecule has 0 saturated carbocycles. The molecule has 0 fully saturated rings. The van der Waals surface area contributed by atoms with Gasteiger partial charge in [-0.1, -0.05) is 35.9 Å². The second-order valence-electron chi connectivity index (χ2n) is 8.19. The number of hydrogen-bond donors (Lipinski definition) is 1. The maximum absolute atomic E-state index is 12.9. The molecule has 2 aromatic carbocycles. The second kappa shape index (κ2) is 9.65. The zero-order valence-corrected chi connectivity index (χ0v) is 19.4. The molecule has 0 aliphatic carbocycles. The average Bonchev–Trinajstić information content (AvgIpc) is 3.38. The molecule has 35 heavy (non-hydrogen) atoms. The van der Waals surface area contributed by atoms with Crippen molar-refractivity contribution >= 4 is 11.6 Å². The SMILES string of the molecule is Cc1cccc(Cn2nc(C)c(NC(=O)c3ccn(COc4cccc(C(F)(F)F)c4)n3)c2C)c1. The number of rotatable bonds is 7. The third-order valence-corrected chi connectivity index (χ3v) is 5.43. The van der Waals surface area contributed by atoms with E-state index in [0.717, 1.165) is 29.0 Å². The van der Waals surface area contributed by atoms with Gasteiger partial charge in [0.05, 0.1) is 29.2 Å². The van der Waals surface area contributed by atoms with Crippen molar-refractivity contribution in [2.45, 2.75) is 40.2 Å². The molecule has 0 aliphatic rings. The predicted octanol–water partition coefficient (Wildman–Crippen LogP) is 5.36. The molecule has 0 aliphatic heterocycles. The summed E-state index contributed by atoms with van der Waals surface area (Å²) >= 11 is 0. The van der Waals surface area contributed by atoms with E-state index in [9.17, 15) is 18.0 Å². The van der Waals surface area contributed by atoms with Gasteiger partial charge in [0.2, 0.25) is 0 Å². The summed E-state index contributed by atoms with van der Waals surface area (Å²) in [6, 6.07) is 14.2. The molecule has 2 heterocycles. The molecule has 0 unspecified atom stereocenters. The van der Waals surface area contributed by atoms with E-state index in [2.05, 4.69) is 21.6 Å². The van der Waals surface area contributed by atoms with Gasteiger partial charge in [-0.05, 0) is 50.6 Å². The molecule has 182 valence electrons. The number of halogens is 3. The number of hydrogen-bond acceptors (Lipinski definition) is 4. The Morgan fingerprint density at radius 3 is 2.54 bits per heavy atom. The molecule has 4 rings (SSSR count). The predicted molar refractivity (Wildman–Crippen MR) is 124 cm³/mol. The molecule has 0 radical (unpaired) electrons. The number of aromatic nitrogens is 4. The van der Waals surface area contributed by atoms with E-state index in [-0.39, 0.29) is 18.2 Å². The highest BCUT2D eigenvalue weighted by molar-refractivity contribution is 6.03. The Balaban J connectivity index is 1.41. The van der Waals surface area contributed by atoms with Gasteiger partial charge in [0.15, 0.2) is 12.4 Å². The summed E-state index contributed by atoms with van der Waals surface area (Å²) in [4.78, 5) is 12.8. The van der Waals surface area contributed by atoms with E-state index in [0.29, 0.717) is 17.9 Å². The number of anilines is 1. The lowest BCUT2D eigenvalue weighted by molar-refractivity contribution is -0.137. The van der Waals surface area contributed by atoms with E-state index in [1.807, 2.05) is 43.7 Å². The van der Waals surface area contributed by atoms with Crippen LogP contribution in [0.5, 0.6) is 5.75 Å². The van der Waals surface area contributed by atoms with Crippen molar-refractivity contribution in [2.75, 3.05) is 5.32 Å². The van der Waals surface area contributed by atoms with Gasteiger partial charge < -0.3 is 10.1 Å². The summed E-state index contributed by atoms with van der Waals surface area (Å²) in [7, 11) is 0.